The van der Waals surface area contributed by atoms with Crippen LogP contribution >= 0.6 is 0 Å². The van der Waals surface area contributed by atoms with Crippen LogP contribution in [0.3, 0.4) is 0 Å². The van der Waals surface area contributed by atoms with E-state index in [2.05, 4.69) is 44.2 Å². The summed E-state index contributed by atoms with van der Waals surface area (Å²) < 4.78 is 5.27. The lowest BCUT2D eigenvalue weighted by Gasteiger charge is -2.29. The number of aromatic amines is 1. The minimum atomic E-state index is 0.461. The van der Waals surface area contributed by atoms with Gasteiger partial charge in [0.05, 0.1) is 6.54 Å². The quantitative estimate of drug-likeness (QED) is 0.908. The van der Waals surface area contributed by atoms with E-state index < -0.39 is 0 Å². The molecule has 1 N–H and O–H groups in total. The van der Waals surface area contributed by atoms with Crippen LogP contribution in [0.1, 0.15) is 38.5 Å². The zero-order valence-corrected chi connectivity index (χ0v) is 12.6. The average Bonchev–Trinajstić information content (AvgIpc) is 3.12. The molecular weight excluding hydrogens is 268 g/mol. The number of nitrogens with one attached hydrogen (secondary N) is 1. The van der Waals surface area contributed by atoms with E-state index in [1.54, 1.807) is 0 Å². The Morgan fingerprint density at radius 2 is 2.14 bits per heavy atom. The topological polar surface area (TPSA) is 83.7 Å². The Hall–Kier alpha value is -1.76. The molecule has 114 valence electrons. The number of hydrogen-bond acceptors (Lipinski definition) is 6. The molecule has 0 aliphatic heterocycles. The lowest BCUT2D eigenvalue weighted by Crippen LogP contribution is -2.28. The van der Waals surface area contributed by atoms with Crippen molar-refractivity contribution in [3.05, 3.63) is 12.2 Å². The molecule has 3 rings (SSSR count). The fourth-order valence-corrected chi connectivity index (χ4v) is 2.98. The predicted molar refractivity (Wildman–Crippen MR) is 77.1 cm³/mol. The van der Waals surface area contributed by atoms with Crippen LogP contribution in [0.5, 0.6) is 0 Å². The number of H-pyrrole nitrogens is 1. The monoisotopic (exact) mass is 290 g/mol. The van der Waals surface area contributed by atoms with Gasteiger partial charge in [-0.1, -0.05) is 24.9 Å². The summed E-state index contributed by atoms with van der Waals surface area (Å²) in [5.74, 6) is 3.30. The first-order valence-electron chi connectivity index (χ1n) is 7.57. The van der Waals surface area contributed by atoms with Crippen molar-refractivity contribution < 1.29 is 4.52 Å². The van der Waals surface area contributed by atoms with Gasteiger partial charge < -0.3 is 4.52 Å². The van der Waals surface area contributed by atoms with Crippen LogP contribution < -0.4 is 0 Å². The van der Waals surface area contributed by atoms with Gasteiger partial charge in [0.25, 0.3) is 0 Å². The van der Waals surface area contributed by atoms with E-state index in [1.807, 2.05) is 0 Å². The summed E-state index contributed by atoms with van der Waals surface area (Å²) in [7, 11) is 2.11. The SMILES string of the molecule is CC1CCC(CN(C)Cc2nc(-c3ncn[nH]3)no2)CC1. The maximum absolute atomic E-state index is 5.27. The van der Waals surface area contributed by atoms with Crippen LogP contribution in [0.2, 0.25) is 0 Å². The summed E-state index contributed by atoms with van der Waals surface area (Å²) >= 11 is 0. The van der Waals surface area contributed by atoms with Gasteiger partial charge in [-0.15, -0.1) is 0 Å². The highest BCUT2D eigenvalue weighted by Crippen LogP contribution is 2.28. The highest BCUT2D eigenvalue weighted by molar-refractivity contribution is 5.39. The minimum Gasteiger partial charge on any atom is -0.337 e. The van der Waals surface area contributed by atoms with Gasteiger partial charge in [-0.2, -0.15) is 10.1 Å². The Morgan fingerprint density at radius 3 is 2.86 bits per heavy atom. The van der Waals surface area contributed by atoms with Crippen molar-refractivity contribution in [2.45, 2.75) is 39.2 Å². The van der Waals surface area contributed by atoms with E-state index in [0.29, 0.717) is 24.1 Å². The summed E-state index contributed by atoms with van der Waals surface area (Å²) in [6.45, 7) is 4.11. The molecule has 0 unspecified atom stereocenters. The molecule has 1 aliphatic rings. The Kier molecular flexibility index (Phi) is 4.28. The highest BCUT2D eigenvalue weighted by atomic mass is 16.5. The molecule has 21 heavy (non-hydrogen) atoms. The first-order valence-corrected chi connectivity index (χ1v) is 7.57. The van der Waals surface area contributed by atoms with Crippen molar-refractivity contribution in [2.75, 3.05) is 13.6 Å². The molecule has 0 saturated heterocycles. The van der Waals surface area contributed by atoms with E-state index in [4.69, 9.17) is 4.52 Å². The third kappa shape index (κ3) is 3.66. The van der Waals surface area contributed by atoms with E-state index in [9.17, 15) is 0 Å². The van der Waals surface area contributed by atoms with Crippen LogP contribution in [0.4, 0.5) is 0 Å². The smallest absolute Gasteiger partial charge is 0.241 e. The second-order valence-corrected chi connectivity index (χ2v) is 6.17. The van der Waals surface area contributed by atoms with E-state index >= 15 is 0 Å². The van der Waals surface area contributed by atoms with Crippen molar-refractivity contribution in [1.82, 2.24) is 30.2 Å². The molecule has 0 bridgehead atoms. The first kappa shape index (κ1) is 14.2. The van der Waals surface area contributed by atoms with Gasteiger partial charge in [0.15, 0.2) is 5.82 Å². The first-order chi connectivity index (χ1) is 10.2. The number of rotatable bonds is 5. The van der Waals surface area contributed by atoms with Gasteiger partial charge in [-0.05, 0) is 31.7 Å². The molecule has 1 saturated carbocycles. The number of nitrogens with zero attached hydrogens (tertiary/aromatic N) is 5. The lowest BCUT2D eigenvalue weighted by molar-refractivity contribution is 0.189. The third-order valence-electron chi connectivity index (χ3n) is 4.21. The Labute approximate surface area is 124 Å². The summed E-state index contributed by atoms with van der Waals surface area (Å²) in [5, 5.41) is 10.4. The molecular formula is C14H22N6O. The fraction of sp³-hybridized carbons (Fsp3) is 0.714. The zero-order chi connectivity index (χ0) is 14.7. The van der Waals surface area contributed by atoms with Crippen molar-refractivity contribution in [3.63, 3.8) is 0 Å². The van der Waals surface area contributed by atoms with Crippen LogP contribution in [0.25, 0.3) is 11.6 Å². The molecule has 1 aliphatic carbocycles. The van der Waals surface area contributed by atoms with Gasteiger partial charge >= 0.3 is 0 Å². The Morgan fingerprint density at radius 1 is 1.33 bits per heavy atom. The molecule has 0 spiro atoms. The van der Waals surface area contributed by atoms with Crippen molar-refractivity contribution in [1.29, 1.82) is 0 Å². The third-order valence-corrected chi connectivity index (χ3v) is 4.21. The van der Waals surface area contributed by atoms with Crippen molar-refractivity contribution in [3.8, 4) is 11.6 Å². The summed E-state index contributed by atoms with van der Waals surface area (Å²) in [5.41, 5.74) is 0. The van der Waals surface area contributed by atoms with Gasteiger partial charge in [0.1, 0.15) is 6.33 Å². The maximum Gasteiger partial charge on any atom is 0.241 e. The molecule has 1 fully saturated rings. The standard InChI is InChI=1S/C14H22N6O/c1-10-3-5-11(6-4-10)7-20(2)8-12-17-14(19-21-12)13-15-9-16-18-13/h9-11H,3-8H2,1-2H3,(H,15,16,18). The fourth-order valence-electron chi connectivity index (χ4n) is 2.98. The van der Waals surface area contributed by atoms with Gasteiger partial charge in [0, 0.05) is 6.54 Å². The van der Waals surface area contributed by atoms with Crippen LogP contribution in [-0.2, 0) is 6.54 Å². The second kappa shape index (κ2) is 6.34. The van der Waals surface area contributed by atoms with Gasteiger partial charge in [-0.25, -0.2) is 4.98 Å². The zero-order valence-electron chi connectivity index (χ0n) is 12.6. The van der Waals surface area contributed by atoms with Gasteiger partial charge in [-0.3, -0.25) is 10.00 Å². The molecule has 0 radical (unpaired) electrons. The largest absolute Gasteiger partial charge is 0.337 e. The maximum atomic E-state index is 5.27. The molecule has 2 aromatic heterocycles. The van der Waals surface area contributed by atoms with Crippen molar-refractivity contribution >= 4 is 0 Å². The highest BCUT2D eigenvalue weighted by Gasteiger charge is 2.20. The predicted octanol–water partition coefficient (Wildman–Crippen LogP) is 2.11. The molecule has 7 heteroatoms. The molecule has 2 aromatic rings. The van der Waals surface area contributed by atoms with Crippen molar-refractivity contribution in [2.24, 2.45) is 11.8 Å². The number of hydrogen-bond donors (Lipinski definition) is 1. The van der Waals surface area contributed by atoms with E-state index in [0.717, 1.165) is 18.4 Å². The summed E-state index contributed by atoms with van der Waals surface area (Å²) in [6, 6.07) is 0. The van der Waals surface area contributed by atoms with E-state index in [1.165, 1.54) is 32.0 Å². The second-order valence-electron chi connectivity index (χ2n) is 6.17. The van der Waals surface area contributed by atoms with Gasteiger partial charge in [0.2, 0.25) is 11.7 Å². The normalized spacial score (nSPS) is 22.8. The van der Waals surface area contributed by atoms with Crippen LogP contribution in [0, 0.1) is 11.8 Å². The Bertz CT molecular complexity index is 544. The molecule has 7 nitrogen and oxygen atoms in total. The number of aromatic nitrogens is 5. The van der Waals surface area contributed by atoms with Crippen LogP contribution in [-0.4, -0.2) is 43.8 Å². The molecule has 0 atom stereocenters. The lowest BCUT2D eigenvalue weighted by atomic mass is 9.83. The molecule has 2 heterocycles. The van der Waals surface area contributed by atoms with Crippen LogP contribution in [0.15, 0.2) is 10.9 Å². The summed E-state index contributed by atoms with van der Waals surface area (Å²) in [4.78, 5) is 10.6. The Balaban J connectivity index is 1.52. The molecule has 0 amide bonds. The minimum absolute atomic E-state index is 0.461. The summed E-state index contributed by atoms with van der Waals surface area (Å²) in [6.07, 6.45) is 6.81. The molecule has 0 aromatic carbocycles. The average molecular weight is 290 g/mol. The van der Waals surface area contributed by atoms with E-state index in [-0.39, 0.29) is 0 Å².